The number of amides is 1. The van der Waals surface area contributed by atoms with Crippen LogP contribution in [0.2, 0.25) is 0 Å². The molecule has 5 N–H and O–H groups in total. The Morgan fingerprint density at radius 3 is 2.36 bits per heavy atom. The quantitative estimate of drug-likeness (QED) is 0.512. The Hall–Kier alpha value is -2.72. The SMILES string of the molecule is Cc1[nH]c(=O)[nH]c(=O)c1CC(=O)NCCc1ccc(S(N)(=O)=O)cc1. The van der Waals surface area contributed by atoms with Crippen LogP contribution in [0.25, 0.3) is 0 Å². The van der Waals surface area contributed by atoms with E-state index in [0.29, 0.717) is 18.7 Å². The Balaban J connectivity index is 1.91. The summed E-state index contributed by atoms with van der Waals surface area (Å²) in [6, 6.07) is 6.02. The molecule has 1 aromatic carbocycles. The highest BCUT2D eigenvalue weighted by atomic mass is 32.2. The molecule has 0 unspecified atom stereocenters. The lowest BCUT2D eigenvalue weighted by Gasteiger charge is -2.07. The fraction of sp³-hybridized carbons (Fsp3) is 0.267. The summed E-state index contributed by atoms with van der Waals surface area (Å²) in [7, 11) is -3.73. The van der Waals surface area contributed by atoms with Crippen LogP contribution in [0.4, 0.5) is 0 Å². The van der Waals surface area contributed by atoms with Gasteiger partial charge in [0, 0.05) is 17.8 Å². The lowest BCUT2D eigenvalue weighted by molar-refractivity contribution is -0.120. The van der Waals surface area contributed by atoms with Crippen molar-refractivity contribution in [2.45, 2.75) is 24.7 Å². The summed E-state index contributed by atoms with van der Waals surface area (Å²) >= 11 is 0. The molecule has 0 fully saturated rings. The van der Waals surface area contributed by atoms with E-state index in [0.717, 1.165) is 5.56 Å². The molecule has 0 saturated heterocycles. The molecule has 1 amide bonds. The molecular formula is C15H18N4O5S. The zero-order chi connectivity index (χ0) is 18.6. The third kappa shape index (κ3) is 5.13. The smallest absolute Gasteiger partial charge is 0.325 e. The number of rotatable bonds is 6. The zero-order valence-corrected chi connectivity index (χ0v) is 14.3. The van der Waals surface area contributed by atoms with Gasteiger partial charge in [0.05, 0.1) is 11.3 Å². The fourth-order valence-electron chi connectivity index (χ4n) is 2.25. The summed E-state index contributed by atoms with van der Waals surface area (Å²) in [5, 5.41) is 7.69. The number of aromatic amines is 2. The number of hydrogen-bond acceptors (Lipinski definition) is 5. The highest BCUT2D eigenvalue weighted by molar-refractivity contribution is 7.89. The Morgan fingerprint density at radius 2 is 1.80 bits per heavy atom. The van der Waals surface area contributed by atoms with Crippen molar-refractivity contribution >= 4 is 15.9 Å². The number of hydrogen-bond donors (Lipinski definition) is 4. The first-order valence-corrected chi connectivity index (χ1v) is 8.92. The predicted octanol–water partition coefficient (Wildman–Crippen LogP) is -1.08. The number of sulfonamides is 1. The van der Waals surface area contributed by atoms with E-state index in [9.17, 15) is 22.8 Å². The average Bonchev–Trinajstić information content (AvgIpc) is 2.50. The molecule has 0 saturated carbocycles. The minimum absolute atomic E-state index is 0.0213. The molecule has 1 aromatic heterocycles. The Morgan fingerprint density at radius 1 is 1.16 bits per heavy atom. The summed E-state index contributed by atoms with van der Waals surface area (Å²) in [6.07, 6.45) is 0.333. The molecule has 9 nitrogen and oxygen atoms in total. The monoisotopic (exact) mass is 366 g/mol. The van der Waals surface area contributed by atoms with Crippen molar-refractivity contribution in [1.82, 2.24) is 15.3 Å². The molecule has 0 bridgehead atoms. The lowest BCUT2D eigenvalue weighted by atomic mass is 10.1. The second-order valence-corrected chi connectivity index (χ2v) is 7.04. The molecule has 0 atom stereocenters. The third-order valence-corrected chi connectivity index (χ3v) is 4.51. The van der Waals surface area contributed by atoms with Crippen LogP contribution in [0, 0.1) is 6.92 Å². The van der Waals surface area contributed by atoms with Gasteiger partial charge in [0.2, 0.25) is 15.9 Å². The predicted molar refractivity (Wildman–Crippen MR) is 90.7 cm³/mol. The van der Waals surface area contributed by atoms with Crippen LogP contribution in [0.1, 0.15) is 16.8 Å². The first kappa shape index (κ1) is 18.6. The molecule has 2 aromatic rings. The fourth-order valence-corrected chi connectivity index (χ4v) is 2.77. The molecular weight excluding hydrogens is 348 g/mol. The Bertz CT molecular complexity index is 990. The summed E-state index contributed by atoms with van der Waals surface area (Å²) < 4.78 is 22.3. The number of nitrogens with two attached hydrogens (primary N) is 1. The maximum atomic E-state index is 11.9. The van der Waals surface area contributed by atoms with E-state index in [-0.39, 0.29) is 22.8 Å². The normalized spacial score (nSPS) is 11.3. The molecule has 0 aliphatic carbocycles. The molecule has 10 heteroatoms. The van der Waals surface area contributed by atoms with Crippen LogP contribution < -0.4 is 21.7 Å². The van der Waals surface area contributed by atoms with Gasteiger partial charge in [-0.15, -0.1) is 0 Å². The number of carbonyl (C=O) groups is 1. The van der Waals surface area contributed by atoms with Crippen molar-refractivity contribution in [2.75, 3.05) is 6.54 Å². The summed E-state index contributed by atoms with van der Waals surface area (Å²) in [4.78, 5) is 39.3. The van der Waals surface area contributed by atoms with Crippen LogP contribution in [-0.4, -0.2) is 30.8 Å². The van der Waals surface area contributed by atoms with Crippen LogP contribution in [-0.2, 0) is 27.7 Å². The summed E-state index contributed by atoms with van der Waals surface area (Å²) in [5.41, 5.74) is 0.174. The maximum Gasteiger partial charge on any atom is 0.325 e. The van der Waals surface area contributed by atoms with Crippen molar-refractivity contribution in [3.8, 4) is 0 Å². The lowest BCUT2D eigenvalue weighted by Crippen LogP contribution is -2.33. The minimum atomic E-state index is -3.73. The van der Waals surface area contributed by atoms with Gasteiger partial charge >= 0.3 is 5.69 Å². The second-order valence-electron chi connectivity index (χ2n) is 5.48. The van der Waals surface area contributed by atoms with Gasteiger partial charge in [-0.3, -0.25) is 14.6 Å². The second kappa shape index (κ2) is 7.45. The van der Waals surface area contributed by atoms with Crippen LogP contribution in [0.15, 0.2) is 38.8 Å². The van der Waals surface area contributed by atoms with Crippen molar-refractivity contribution < 1.29 is 13.2 Å². The Kier molecular flexibility index (Phi) is 5.55. The molecule has 2 rings (SSSR count). The summed E-state index contributed by atoms with van der Waals surface area (Å²) in [5.74, 6) is -0.359. The zero-order valence-electron chi connectivity index (χ0n) is 13.5. The Labute approximate surface area is 143 Å². The number of primary sulfonamides is 1. The van der Waals surface area contributed by atoms with Crippen LogP contribution in [0.5, 0.6) is 0 Å². The van der Waals surface area contributed by atoms with E-state index >= 15 is 0 Å². The minimum Gasteiger partial charge on any atom is -0.355 e. The van der Waals surface area contributed by atoms with Crippen LogP contribution >= 0.6 is 0 Å². The summed E-state index contributed by atoms with van der Waals surface area (Å²) in [6.45, 7) is 1.86. The van der Waals surface area contributed by atoms with Crippen molar-refractivity contribution in [3.05, 3.63) is 61.9 Å². The molecule has 0 radical (unpaired) electrons. The van der Waals surface area contributed by atoms with Gasteiger partial charge in [-0.05, 0) is 31.0 Å². The number of aromatic nitrogens is 2. The molecule has 1 heterocycles. The van der Waals surface area contributed by atoms with Gasteiger partial charge in [0.25, 0.3) is 5.56 Å². The molecule has 0 aliphatic heterocycles. The van der Waals surface area contributed by atoms with Gasteiger partial charge in [0.15, 0.2) is 0 Å². The molecule has 0 aliphatic rings. The van der Waals surface area contributed by atoms with Gasteiger partial charge < -0.3 is 10.3 Å². The number of carbonyl (C=O) groups excluding carboxylic acids is 1. The average molecular weight is 366 g/mol. The van der Waals surface area contributed by atoms with Gasteiger partial charge in [-0.2, -0.15) is 0 Å². The first-order valence-electron chi connectivity index (χ1n) is 7.37. The van der Waals surface area contributed by atoms with Crippen molar-refractivity contribution in [2.24, 2.45) is 5.14 Å². The van der Waals surface area contributed by atoms with E-state index < -0.39 is 21.3 Å². The van der Waals surface area contributed by atoms with Crippen molar-refractivity contribution in [1.29, 1.82) is 0 Å². The number of H-pyrrole nitrogens is 2. The van der Waals surface area contributed by atoms with Gasteiger partial charge in [-0.25, -0.2) is 18.4 Å². The number of aryl methyl sites for hydroxylation is 1. The molecule has 134 valence electrons. The van der Waals surface area contributed by atoms with E-state index in [1.54, 1.807) is 19.1 Å². The van der Waals surface area contributed by atoms with Gasteiger partial charge in [0.1, 0.15) is 0 Å². The maximum absolute atomic E-state index is 11.9. The largest absolute Gasteiger partial charge is 0.355 e. The molecule has 25 heavy (non-hydrogen) atoms. The van der Waals surface area contributed by atoms with Crippen LogP contribution in [0.3, 0.4) is 0 Å². The van der Waals surface area contributed by atoms with Crippen molar-refractivity contribution in [3.63, 3.8) is 0 Å². The highest BCUT2D eigenvalue weighted by Gasteiger charge is 2.11. The first-order chi connectivity index (χ1) is 11.7. The van der Waals surface area contributed by atoms with E-state index in [4.69, 9.17) is 5.14 Å². The van der Waals surface area contributed by atoms with Gasteiger partial charge in [-0.1, -0.05) is 12.1 Å². The highest BCUT2D eigenvalue weighted by Crippen LogP contribution is 2.08. The van der Waals surface area contributed by atoms with E-state index in [1.165, 1.54) is 12.1 Å². The molecule has 0 spiro atoms. The van der Waals surface area contributed by atoms with E-state index in [2.05, 4.69) is 15.3 Å². The topological polar surface area (TPSA) is 155 Å². The third-order valence-electron chi connectivity index (χ3n) is 3.58. The number of nitrogens with one attached hydrogen (secondary N) is 3. The standard InChI is InChI=1S/C15H18N4O5S/c1-9-12(14(21)19-15(22)18-9)8-13(20)17-7-6-10-2-4-11(5-3-10)25(16,23)24/h2-5H,6-8H2,1H3,(H,17,20)(H2,16,23,24)(H2,18,19,21,22). The number of benzene rings is 1. The van der Waals surface area contributed by atoms with E-state index in [1.807, 2.05) is 0 Å².